The molecule has 2 N–H and O–H groups in total. The predicted molar refractivity (Wildman–Crippen MR) is 65.9 cm³/mol. The van der Waals surface area contributed by atoms with Crippen LogP contribution < -0.4 is 10.5 Å². The van der Waals surface area contributed by atoms with Gasteiger partial charge in [0.05, 0.1) is 24.9 Å². The summed E-state index contributed by atoms with van der Waals surface area (Å²) in [5.41, 5.74) is 8.41. The maximum atomic E-state index is 5.63. The van der Waals surface area contributed by atoms with Gasteiger partial charge in [0.1, 0.15) is 5.75 Å². The summed E-state index contributed by atoms with van der Waals surface area (Å²) in [6, 6.07) is 5.94. The van der Waals surface area contributed by atoms with Gasteiger partial charge in [-0.1, -0.05) is 11.6 Å². The van der Waals surface area contributed by atoms with E-state index in [9.17, 15) is 0 Å². The average Bonchev–Trinajstić information content (AvgIpc) is 2.70. The van der Waals surface area contributed by atoms with Gasteiger partial charge in [0, 0.05) is 0 Å². The molecule has 17 heavy (non-hydrogen) atoms. The lowest BCUT2D eigenvalue weighted by molar-refractivity contribution is 0.413. The van der Waals surface area contributed by atoms with Crippen LogP contribution in [0.5, 0.6) is 5.75 Å². The van der Waals surface area contributed by atoms with Crippen molar-refractivity contribution in [3.8, 4) is 17.1 Å². The highest BCUT2D eigenvalue weighted by Gasteiger charge is 2.15. The predicted octanol–water partition coefficient (Wildman–Crippen LogP) is 2.43. The van der Waals surface area contributed by atoms with E-state index in [4.69, 9.17) is 14.9 Å². The van der Waals surface area contributed by atoms with Crippen LogP contribution in [0.4, 0.5) is 0 Å². The van der Waals surface area contributed by atoms with E-state index in [1.807, 2.05) is 32.0 Å². The van der Waals surface area contributed by atoms with Gasteiger partial charge in [-0.3, -0.25) is 0 Å². The Kier molecular flexibility index (Phi) is 3.15. The summed E-state index contributed by atoms with van der Waals surface area (Å²) in [6.07, 6.45) is 0. The number of rotatable bonds is 3. The van der Waals surface area contributed by atoms with Gasteiger partial charge in [-0.25, -0.2) is 4.98 Å². The minimum Gasteiger partial charge on any atom is -0.496 e. The monoisotopic (exact) mass is 232 g/mol. The van der Waals surface area contributed by atoms with Crippen molar-refractivity contribution in [2.24, 2.45) is 5.73 Å². The average molecular weight is 232 g/mol. The van der Waals surface area contributed by atoms with Crippen molar-refractivity contribution in [2.45, 2.75) is 20.4 Å². The number of benzene rings is 1. The number of aromatic nitrogens is 1. The normalized spacial score (nSPS) is 10.6. The van der Waals surface area contributed by atoms with Crippen LogP contribution in [0.25, 0.3) is 11.3 Å². The molecule has 0 unspecified atom stereocenters. The van der Waals surface area contributed by atoms with Crippen molar-refractivity contribution >= 4 is 0 Å². The first kappa shape index (κ1) is 11.7. The first-order valence-electron chi connectivity index (χ1n) is 5.47. The molecular formula is C13H16N2O2. The topological polar surface area (TPSA) is 61.3 Å². The molecule has 1 aromatic carbocycles. The van der Waals surface area contributed by atoms with E-state index in [2.05, 4.69) is 4.98 Å². The van der Waals surface area contributed by atoms with Crippen LogP contribution in [-0.4, -0.2) is 12.1 Å². The summed E-state index contributed by atoms with van der Waals surface area (Å²) < 4.78 is 11.0. The summed E-state index contributed by atoms with van der Waals surface area (Å²) in [5, 5.41) is 0. The van der Waals surface area contributed by atoms with E-state index in [-0.39, 0.29) is 0 Å². The van der Waals surface area contributed by atoms with E-state index in [0.29, 0.717) is 12.4 Å². The Balaban J connectivity index is 2.58. The molecule has 1 heterocycles. The van der Waals surface area contributed by atoms with Gasteiger partial charge in [0.15, 0.2) is 5.76 Å². The molecule has 4 heteroatoms. The Morgan fingerprint density at radius 2 is 2.12 bits per heavy atom. The molecule has 0 radical (unpaired) electrons. The smallest absolute Gasteiger partial charge is 0.208 e. The zero-order chi connectivity index (χ0) is 12.4. The highest BCUT2D eigenvalue weighted by atomic mass is 16.5. The van der Waals surface area contributed by atoms with E-state index < -0.39 is 0 Å². The summed E-state index contributed by atoms with van der Waals surface area (Å²) in [6.45, 7) is 4.23. The lowest BCUT2D eigenvalue weighted by atomic mass is 10.1. The van der Waals surface area contributed by atoms with Gasteiger partial charge in [-0.15, -0.1) is 0 Å². The van der Waals surface area contributed by atoms with Crippen LogP contribution in [0, 0.1) is 13.8 Å². The molecule has 0 amide bonds. The third kappa shape index (κ3) is 2.17. The summed E-state index contributed by atoms with van der Waals surface area (Å²) in [4.78, 5) is 4.26. The molecule has 1 aromatic heterocycles. The SMILES string of the molecule is COc1ccc(C)cc1-c1oc(CN)nc1C. The first-order chi connectivity index (χ1) is 8.15. The van der Waals surface area contributed by atoms with Gasteiger partial charge >= 0.3 is 0 Å². The van der Waals surface area contributed by atoms with E-state index >= 15 is 0 Å². The first-order valence-corrected chi connectivity index (χ1v) is 5.47. The Morgan fingerprint density at radius 1 is 1.35 bits per heavy atom. The Hall–Kier alpha value is -1.81. The number of hydrogen-bond donors (Lipinski definition) is 1. The van der Waals surface area contributed by atoms with Crippen LogP contribution in [0.1, 0.15) is 17.1 Å². The zero-order valence-electron chi connectivity index (χ0n) is 10.3. The number of nitrogens with zero attached hydrogens (tertiary/aromatic N) is 1. The van der Waals surface area contributed by atoms with E-state index in [1.54, 1.807) is 7.11 Å². The molecule has 0 aliphatic carbocycles. The van der Waals surface area contributed by atoms with Crippen molar-refractivity contribution in [2.75, 3.05) is 7.11 Å². The van der Waals surface area contributed by atoms with Crippen LogP contribution >= 0.6 is 0 Å². The number of methoxy groups -OCH3 is 1. The fourth-order valence-electron chi connectivity index (χ4n) is 1.79. The number of oxazole rings is 1. The second kappa shape index (κ2) is 4.59. The largest absolute Gasteiger partial charge is 0.496 e. The van der Waals surface area contributed by atoms with Crippen molar-refractivity contribution in [1.29, 1.82) is 0 Å². The lowest BCUT2D eigenvalue weighted by Gasteiger charge is -2.07. The fraction of sp³-hybridized carbons (Fsp3) is 0.308. The molecule has 0 bridgehead atoms. The number of nitrogens with two attached hydrogens (primary N) is 1. The molecule has 4 nitrogen and oxygen atoms in total. The fourth-order valence-corrected chi connectivity index (χ4v) is 1.79. The molecule has 0 saturated heterocycles. The molecular weight excluding hydrogens is 216 g/mol. The molecule has 0 atom stereocenters. The number of ether oxygens (including phenoxy) is 1. The molecule has 0 aliphatic heterocycles. The molecule has 0 spiro atoms. The zero-order valence-corrected chi connectivity index (χ0v) is 10.3. The van der Waals surface area contributed by atoms with Gasteiger partial charge in [-0.2, -0.15) is 0 Å². The Labute approximate surface area is 100 Å². The van der Waals surface area contributed by atoms with Gasteiger partial charge in [0.2, 0.25) is 5.89 Å². The molecule has 2 aromatic rings. The maximum absolute atomic E-state index is 5.63. The lowest BCUT2D eigenvalue weighted by Crippen LogP contribution is -1.95. The van der Waals surface area contributed by atoms with Crippen molar-refractivity contribution in [3.63, 3.8) is 0 Å². The maximum Gasteiger partial charge on any atom is 0.208 e. The Bertz CT molecular complexity index is 532. The van der Waals surface area contributed by atoms with Gasteiger partial charge in [-0.05, 0) is 26.0 Å². The molecule has 2 rings (SSSR count). The molecule has 0 aliphatic rings. The standard InChI is InChI=1S/C13H16N2O2/c1-8-4-5-11(16-3)10(6-8)13-9(2)15-12(7-14)17-13/h4-6H,7,14H2,1-3H3. The van der Waals surface area contributed by atoms with Crippen LogP contribution in [-0.2, 0) is 6.54 Å². The van der Waals surface area contributed by atoms with Gasteiger partial charge in [0.25, 0.3) is 0 Å². The molecule has 0 saturated carbocycles. The van der Waals surface area contributed by atoms with E-state index in [0.717, 1.165) is 28.3 Å². The molecule has 0 fully saturated rings. The Morgan fingerprint density at radius 3 is 2.71 bits per heavy atom. The van der Waals surface area contributed by atoms with Crippen molar-refractivity contribution in [1.82, 2.24) is 4.98 Å². The quantitative estimate of drug-likeness (QED) is 0.882. The number of hydrogen-bond acceptors (Lipinski definition) is 4. The minimum absolute atomic E-state index is 0.301. The van der Waals surface area contributed by atoms with Crippen molar-refractivity contribution < 1.29 is 9.15 Å². The third-order valence-electron chi connectivity index (χ3n) is 2.62. The second-order valence-electron chi connectivity index (χ2n) is 3.93. The highest BCUT2D eigenvalue weighted by molar-refractivity contribution is 5.68. The summed E-state index contributed by atoms with van der Waals surface area (Å²) in [5.74, 6) is 2.05. The minimum atomic E-state index is 0.301. The van der Waals surface area contributed by atoms with Crippen molar-refractivity contribution in [3.05, 3.63) is 35.3 Å². The van der Waals surface area contributed by atoms with E-state index in [1.165, 1.54) is 0 Å². The molecule has 90 valence electrons. The second-order valence-corrected chi connectivity index (χ2v) is 3.93. The third-order valence-corrected chi connectivity index (χ3v) is 2.62. The van der Waals surface area contributed by atoms with Crippen LogP contribution in [0.2, 0.25) is 0 Å². The van der Waals surface area contributed by atoms with Crippen LogP contribution in [0.15, 0.2) is 22.6 Å². The van der Waals surface area contributed by atoms with Gasteiger partial charge < -0.3 is 14.9 Å². The van der Waals surface area contributed by atoms with Crippen LogP contribution in [0.3, 0.4) is 0 Å². The summed E-state index contributed by atoms with van der Waals surface area (Å²) >= 11 is 0. The highest BCUT2D eigenvalue weighted by Crippen LogP contribution is 2.33. The summed E-state index contributed by atoms with van der Waals surface area (Å²) in [7, 11) is 1.64. The number of aryl methyl sites for hydroxylation is 2.